The van der Waals surface area contributed by atoms with Crippen LogP contribution in [0.2, 0.25) is 10.0 Å². The third-order valence-corrected chi connectivity index (χ3v) is 6.73. The summed E-state index contributed by atoms with van der Waals surface area (Å²) in [5, 5.41) is 3.65. The average molecular weight is 479 g/mol. The Kier molecular flexibility index (Phi) is 7.56. The molecule has 6 nitrogen and oxygen atoms in total. The van der Waals surface area contributed by atoms with Gasteiger partial charge < -0.3 is 10.1 Å². The third kappa shape index (κ3) is 5.98. The molecule has 0 aliphatic rings. The van der Waals surface area contributed by atoms with Gasteiger partial charge >= 0.3 is 0 Å². The Balaban J connectivity index is 1.88. The fraction of sp³-hybridized carbons (Fsp3) is 0.136. The van der Waals surface area contributed by atoms with Crippen molar-refractivity contribution in [3.8, 4) is 5.75 Å². The second-order valence-electron chi connectivity index (χ2n) is 6.60. The largest absolute Gasteiger partial charge is 0.495 e. The monoisotopic (exact) mass is 478 g/mol. The van der Waals surface area contributed by atoms with Crippen molar-refractivity contribution in [2.45, 2.75) is 11.4 Å². The van der Waals surface area contributed by atoms with Crippen molar-refractivity contribution in [1.29, 1.82) is 0 Å². The fourth-order valence-electron chi connectivity index (χ4n) is 2.87. The molecule has 0 saturated carbocycles. The molecule has 31 heavy (non-hydrogen) atoms. The third-order valence-electron chi connectivity index (χ3n) is 4.42. The molecule has 0 aromatic heterocycles. The summed E-state index contributed by atoms with van der Waals surface area (Å²) in [6.45, 7) is -0.410. The number of hydrogen-bond acceptors (Lipinski definition) is 4. The van der Waals surface area contributed by atoms with Gasteiger partial charge in [-0.3, -0.25) is 4.79 Å². The first-order valence-electron chi connectivity index (χ1n) is 9.22. The number of sulfonamides is 1. The average Bonchev–Trinajstić information content (AvgIpc) is 2.75. The first kappa shape index (κ1) is 23.1. The summed E-state index contributed by atoms with van der Waals surface area (Å²) in [5.41, 5.74) is 1.14. The lowest BCUT2D eigenvalue weighted by Gasteiger charge is -2.22. The Morgan fingerprint density at radius 3 is 2.13 bits per heavy atom. The molecule has 0 fully saturated rings. The minimum absolute atomic E-state index is 0.0124. The van der Waals surface area contributed by atoms with E-state index in [0.29, 0.717) is 27.0 Å². The van der Waals surface area contributed by atoms with Gasteiger partial charge in [-0.2, -0.15) is 4.31 Å². The maximum absolute atomic E-state index is 13.3. The first-order valence-corrected chi connectivity index (χ1v) is 11.4. The van der Waals surface area contributed by atoms with E-state index in [9.17, 15) is 13.2 Å². The van der Waals surface area contributed by atoms with E-state index in [4.69, 9.17) is 27.9 Å². The Hall–Kier alpha value is -2.58. The molecule has 0 radical (unpaired) electrons. The summed E-state index contributed by atoms with van der Waals surface area (Å²) in [5.74, 6) is -0.0309. The lowest BCUT2D eigenvalue weighted by Crippen LogP contribution is -2.37. The van der Waals surface area contributed by atoms with Crippen molar-refractivity contribution in [2.75, 3.05) is 19.0 Å². The van der Waals surface area contributed by atoms with Gasteiger partial charge in [-0.1, -0.05) is 47.5 Å². The number of methoxy groups -OCH3 is 1. The zero-order valence-electron chi connectivity index (χ0n) is 16.6. The van der Waals surface area contributed by atoms with Crippen molar-refractivity contribution in [2.24, 2.45) is 0 Å². The molecule has 0 bridgehead atoms. The minimum atomic E-state index is -3.98. The minimum Gasteiger partial charge on any atom is -0.495 e. The number of carbonyl (C=O) groups is 1. The lowest BCUT2D eigenvalue weighted by atomic mass is 10.2. The standard InChI is InChI=1S/C22H20Cl2N2O4S/c1-30-21-5-3-2-4-20(21)25-22(27)15-26(14-16-6-8-17(23)9-7-16)31(28,29)19-12-10-18(24)11-13-19/h2-13H,14-15H2,1H3,(H,25,27). The van der Waals surface area contributed by atoms with Gasteiger partial charge in [0.2, 0.25) is 15.9 Å². The molecule has 0 unspecified atom stereocenters. The predicted octanol–water partition coefficient (Wildman–Crippen LogP) is 4.83. The van der Waals surface area contributed by atoms with Crippen LogP contribution in [-0.2, 0) is 21.4 Å². The number of para-hydroxylation sites is 2. The predicted molar refractivity (Wildman–Crippen MR) is 122 cm³/mol. The SMILES string of the molecule is COc1ccccc1NC(=O)CN(Cc1ccc(Cl)cc1)S(=O)(=O)c1ccc(Cl)cc1. The molecule has 162 valence electrons. The Bertz CT molecular complexity index is 1150. The quantitative estimate of drug-likeness (QED) is 0.502. The molecule has 0 saturated heterocycles. The smallest absolute Gasteiger partial charge is 0.243 e. The van der Waals surface area contributed by atoms with Gasteiger partial charge in [0.1, 0.15) is 5.75 Å². The van der Waals surface area contributed by atoms with Gasteiger partial charge in [-0.05, 0) is 54.1 Å². The van der Waals surface area contributed by atoms with Crippen LogP contribution in [0.25, 0.3) is 0 Å². The van der Waals surface area contributed by atoms with E-state index in [1.807, 2.05) is 0 Å². The highest BCUT2D eigenvalue weighted by molar-refractivity contribution is 7.89. The van der Waals surface area contributed by atoms with Crippen LogP contribution in [0.5, 0.6) is 5.75 Å². The summed E-state index contributed by atoms with van der Waals surface area (Å²) in [7, 11) is -2.49. The maximum atomic E-state index is 13.3. The number of nitrogens with one attached hydrogen (secondary N) is 1. The molecule has 1 N–H and O–H groups in total. The number of anilines is 1. The van der Waals surface area contributed by atoms with Crippen LogP contribution in [0, 0.1) is 0 Å². The summed E-state index contributed by atoms with van der Waals surface area (Å²) >= 11 is 11.8. The summed E-state index contributed by atoms with van der Waals surface area (Å²) in [6.07, 6.45) is 0. The van der Waals surface area contributed by atoms with Gasteiger partial charge in [-0.15, -0.1) is 0 Å². The number of carbonyl (C=O) groups excluding carboxylic acids is 1. The van der Waals surface area contributed by atoms with Gasteiger partial charge in [0.05, 0.1) is 24.2 Å². The molecule has 3 rings (SSSR count). The molecule has 0 heterocycles. The number of hydrogen-bond donors (Lipinski definition) is 1. The summed E-state index contributed by atoms with van der Waals surface area (Å²) in [4.78, 5) is 12.8. The van der Waals surface area contributed by atoms with Crippen LogP contribution in [0.1, 0.15) is 5.56 Å². The number of amides is 1. The number of benzene rings is 3. The van der Waals surface area contributed by atoms with Crippen LogP contribution in [0.3, 0.4) is 0 Å². The highest BCUT2D eigenvalue weighted by atomic mass is 35.5. The number of rotatable bonds is 8. The van der Waals surface area contributed by atoms with E-state index in [1.165, 1.54) is 31.4 Å². The van der Waals surface area contributed by atoms with Gasteiger partial charge in [-0.25, -0.2) is 8.42 Å². The second-order valence-corrected chi connectivity index (χ2v) is 9.41. The van der Waals surface area contributed by atoms with Crippen molar-refractivity contribution in [3.63, 3.8) is 0 Å². The van der Waals surface area contributed by atoms with Crippen molar-refractivity contribution >= 4 is 44.8 Å². The topological polar surface area (TPSA) is 75.7 Å². The molecular weight excluding hydrogens is 459 g/mol. The summed E-state index contributed by atoms with van der Waals surface area (Å²) < 4.78 is 32.9. The van der Waals surface area contributed by atoms with Crippen LogP contribution < -0.4 is 10.1 Å². The molecule has 0 spiro atoms. The van der Waals surface area contributed by atoms with Crippen LogP contribution in [0.4, 0.5) is 5.69 Å². The van der Waals surface area contributed by atoms with Gasteiger partial charge in [0, 0.05) is 16.6 Å². The van der Waals surface area contributed by atoms with Gasteiger partial charge in [0.25, 0.3) is 0 Å². The number of nitrogens with zero attached hydrogens (tertiary/aromatic N) is 1. The molecular formula is C22H20Cl2N2O4S. The van der Waals surface area contributed by atoms with E-state index in [2.05, 4.69) is 5.32 Å². The van der Waals surface area contributed by atoms with E-state index in [1.54, 1.807) is 48.5 Å². The van der Waals surface area contributed by atoms with E-state index in [0.717, 1.165) is 4.31 Å². The lowest BCUT2D eigenvalue weighted by molar-refractivity contribution is -0.116. The molecule has 3 aromatic carbocycles. The highest BCUT2D eigenvalue weighted by Crippen LogP contribution is 2.24. The molecule has 0 aliphatic heterocycles. The van der Waals surface area contributed by atoms with Crippen LogP contribution >= 0.6 is 23.2 Å². The molecule has 0 aliphatic carbocycles. The summed E-state index contributed by atoms with van der Waals surface area (Å²) in [6, 6.07) is 19.4. The zero-order valence-corrected chi connectivity index (χ0v) is 18.9. The second kappa shape index (κ2) is 10.2. The molecule has 3 aromatic rings. The maximum Gasteiger partial charge on any atom is 0.243 e. The molecule has 1 amide bonds. The van der Waals surface area contributed by atoms with Crippen LogP contribution in [0.15, 0.2) is 77.7 Å². The van der Waals surface area contributed by atoms with E-state index < -0.39 is 22.5 Å². The van der Waals surface area contributed by atoms with Crippen molar-refractivity contribution in [3.05, 3.63) is 88.4 Å². The van der Waals surface area contributed by atoms with Crippen molar-refractivity contribution in [1.82, 2.24) is 4.31 Å². The fourth-order valence-corrected chi connectivity index (χ4v) is 4.51. The van der Waals surface area contributed by atoms with Crippen molar-refractivity contribution < 1.29 is 17.9 Å². The van der Waals surface area contributed by atoms with E-state index in [-0.39, 0.29) is 11.4 Å². The number of halogens is 2. The normalized spacial score (nSPS) is 11.4. The number of ether oxygens (including phenoxy) is 1. The highest BCUT2D eigenvalue weighted by Gasteiger charge is 2.27. The first-order chi connectivity index (χ1) is 14.8. The van der Waals surface area contributed by atoms with Crippen LogP contribution in [-0.4, -0.2) is 32.3 Å². The zero-order chi connectivity index (χ0) is 22.4. The Morgan fingerprint density at radius 2 is 1.52 bits per heavy atom. The van der Waals surface area contributed by atoms with E-state index >= 15 is 0 Å². The Labute approximate surface area is 191 Å². The Morgan fingerprint density at radius 1 is 0.935 bits per heavy atom. The van der Waals surface area contributed by atoms with Gasteiger partial charge in [0.15, 0.2) is 0 Å². The molecule has 9 heteroatoms. The molecule has 0 atom stereocenters.